The van der Waals surface area contributed by atoms with Crippen LogP contribution in [0.5, 0.6) is 0 Å². The largest absolute Gasteiger partial charge is 0.395 e. The Morgan fingerprint density at radius 2 is 1.52 bits per heavy atom. The van der Waals surface area contributed by atoms with Gasteiger partial charge in [0.2, 0.25) is 0 Å². The Balaban J connectivity index is 2.06. The molecule has 2 nitrogen and oxygen atoms in total. The Kier molecular flexibility index (Phi) is 5.72. The third-order valence-electron chi connectivity index (χ3n) is 4.81. The number of halogens is 1. The van der Waals surface area contributed by atoms with Gasteiger partial charge in [0.15, 0.2) is 0 Å². The number of alkyl halides is 1. The van der Waals surface area contributed by atoms with Crippen molar-refractivity contribution >= 4 is 22.6 Å². The lowest BCUT2D eigenvalue weighted by molar-refractivity contribution is 0.0956. The molecule has 1 fully saturated rings. The Morgan fingerprint density at radius 1 is 0.957 bits per heavy atom. The van der Waals surface area contributed by atoms with Crippen molar-refractivity contribution in [2.45, 2.75) is 28.7 Å². The molecule has 3 heteroatoms. The van der Waals surface area contributed by atoms with Crippen LogP contribution in [-0.4, -0.2) is 33.2 Å². The standard InChI is InChI=1S/C20H24INO/c21-20(13-7-8-14-22(20)15-16-23)19(17-9-3-1-4-10-17)18-11-5-2-6-12-18/h1-6,9-12,19,23H,7-8,13-16H2. The number of hydrogen-bond donors (Lipinski definition) is 1. The lowest BCUT2D eigenvalue weighted by atomic mass is 9.80. The van der Waals surface area contributed by atoms with Gasteiger partial charge in [-0.05, 0) is 36.9 Å². The molecule has 1 aliphatic heterocycles. The highest BCUT2D eigenvalue weighted by molar-refractivity contribution is 14.1. The van der Waals surface area contributed by atoms with Crippen molar-refractivity contribution in [2.75, 3.05) is 19.7 Å². The molecule has 0 radical (unpaired) electrons. The highest BCUT2D eigenvalue weighted by Crippen LogP contribution is 2.48. The predicted molar refractivity (Wildman–Crippen MR) is 104 cm³/mol. The molecule has 0 amide bonds. The van der Waals surface area contributed by atoms with Crippen LogP contribution in [0.15, 0.2) is 60.7 Å². The fourth-order valence-corrected chi connectivity index (χ4v) is 5.34. The highest BCUT2D eigenvalue weighted by atomic mass is 127. The fraction of sp³-hybridized carbons (Fsp3) is 0.400. The van der Waals surface area contributed by atoms with Gasteiger partial charge in [0.05, 0.1) is 10.2 Å². The summed E-state index contributed by atoms with van der Waals surface area (Å²) in [5, 5.41) is 9.53. The van der Waals surface area contributed by atoms with Crippen molar-refractivity contribution in [1.29, 1.82) is 0 Å². The van der Waals surface area contributed by atoms with E-state index in [1.54, 1.807) is 0 Å². The number of nitrogens with zero attached hydrogens (tertiary/aromatic N) is 1. The number of benzene rings is 2. The van der Waals surface area contributed by atoms with Crippen molar-refractivity contribution in [3.8, 4) is 0 Å². The predicted octanol–water partition coefficient (Wildman–Crippen LogP) is 4.43. The zero-order valence-corrected chi connectivity index (χ0v) is 15.5. The molecule has 0 bridgehead atoms. The van der Waals surface area contributed by atoms with Crippen molar-refractivity contribution in [3.63, 3.8) is 0 Å². The van der Waals surface area contributed by atoms with Crippen LogP contribution in [0.25, 0.3) is 0 Å². The fourth-order valence-electron chi connectivity index (χ4n) is 3.76. The first-order chi connectivity index (χ1) is 11.3. The average Bonchev–Trinajstić information content (AvgIpc) is 2.59. The van der Waals surface area contributed by atoms with E-state index in [2.05, 4.69) is 88.2 Å². The number of β-amino-alcohol motifs (C(OH)–C–C–N with tert-alkyl or cyclic N) is 1. The number of aliphatic hydroxyl groups is 1. The van der Waals surface area contributed by atoms with Crippen LogP contribution in [0.4, 0.5) is 0 Å². The number of piperidine rings is 1. The zero-order valence-electron chi connectivity index (χ0n) is 13.4. The van der Waals surface area contributed by atoms with Gasteiger partial charge < -0.3 is 5.11 Å². The Bertz CT molecular complexity index is 562. The van der Waals surface area contributed by atoms with E-state index in [-0.39, 0.29) is 10.2 Å². The van der Waals surface area contributed by atoms with Crippen molar-refractivity contribution in [1.82, 2.24) is 4.90 Å². The minimum absolute atomic E-state index is 0.0153. The molecule has 122 valence electrons. The Morgan fingerprint density at radius 3 is 2.04 bits per heavy atom. The molecule has 3 rings (SSSR count). The molecule has 0 aromatic heterocycles. The first kappa shape index (κ1) is 16.9. The van der Waals surface area contributed by atoms with Crippen LogP contribution < -0.4 is 0 Å². The zero-order chi connectivity index (χ0) is 16.1. The van der Waals surface area contributed by atoms with Gasteiger partial charge in [-0.1, -0.05) is 83.3 Å². The van der Waals surface area contributed by atoms with Crippen molar-refractivity contribution < 1.29 is 5.11 Å². The van der Waals surface area contributed by atoms with Gasteiger partial charge in [-0.25, -0.2) is 0 Å². The topological polar surface area (TPSA) is 23.5 Å². The number of hydrogen-bond acceptors (Lipinski definition) is 2. The Hall–Kier alpha value is -0.910. The van der Waals surface area contributed by atoms with E-state index in [1.807, 2.05) is 0 Å². The first-order valence-electron chi connectivity index (χ1n) is 8.40. The third-order valence-corrected chi connectivity index (χ3v) is 6.65. The molecule has 0 saturated carbocycles. The Labute approximate surface area is 152 Å². The summed E-state index contributed by atoms with van der Waals surface area (Å²) in [5.41, 5.74) is 2.72. The van der Waals surface area contributed by atoms with Crippen LogP contribution in [0, 0.1) is 0 Å². The molecule has 1 aliphatic rings. The van der Waals surface area contributed by atoms with Crippen molar-refractivity contribution in [2.24, 2.45) is 0 Å². The summed E-state index contributed by atoms with van der Waals surface area (Å²) in [6.45, 7) is 2.04. The minimum atomic E-state index is 0.0153. The molecule has 2 aromatic carbocycles. The molecular formula is C20H24INO. The maximum absolute atomic E-state index is 9.53. The number of likely N-dealkylation sites (tertiary alicyclic amines) is 1. The van der Waals surface area contributed by atoms with Gasteiger partial charge in [0.1, 0.15) is 0 Å². The van der Waals surface area contributed by atoms with Gasteiger partial charge >= 0.3 is 0 Å². The first-order valence-corrected chi connectivity index (χ1v) is 9.48. The van der Waals surface area contributed by atoms with E-state index in [1.165, 1.54) is 24.0 Å². The van der Waals surface area contributed by atoms with Gasteiger partial charge in [0.25, 0.3) is 0 Å². The third kappa shape index (κ3) is 3.62. The molecule has 0 spiro atoms. The molecule has 23 heavy (non-hydrogen) atoms. The molecule has 1 unspecified atom stereocenters. The number of aliphatic hydroxyl groups excluding tert-OH is 1. The maximum atomic E-state index is 9.53. The lowest BCUT2D eigenvalue weighted by Gasteiger charge is -2.48. The number of rotatable bonds is 5. The van der Waals surface area contributed by atoms with E-state index >= 15 is 0 Å². The summed E-state index contributed by atoms with van der Waals surface area (Å²) in [6, 6.07) is 21.6. The van der Waals surface area contributed by atoms with E-state index in [9.17, 15) is 5.11 Å². The molecule has 1 N–H and O–H groups in total. The van der Waals surface area contributed by atoms with Crippen LogP contribution in [-0.2, 0) is 0 Å². The second-order valence-electron chi connectivity index (χ2n) is 6.24. The van der Waals surface area contributed by atoms with Gasteiger partial charge in [-0.2, -0.15) is 0 Å². The minimum Gasteiger partial charge on any atom is -0.395 e. The van der Waals surface area contributed by atoms with E-state index < -0.39 is 0 Å². The normalized spacial score (nSPS) is 22.4. The second kappa shape index (κ2) is 7.77. The quantitative estimate of drug-likeness (QED) is 0.439. The smallest absolute Gasteiger partial charge is 0.0841 e. The van der Waals surface area contributed by atoms with Gasteiger partial charge in [-0.3, -0.25) is 4.90 Å². The van der Waals surface area contributed by atoms with Crippen LogP contribution in [0.3, 0.4) is 0 Å². The second-order valence-corrected chi connectivity index (χ2v) is 8.11. The molecule has 0 aliphatic carbocycles. The van der Waals surface area contributed by atoms with E-state index in [0.29, 0.717) is 5.92 Å². The molecule has 1 heterocycles. The van der Waals surface area contributed by atoms with Crippen LogP contribution >= 0.6 is 22.6 Å². The molecular weight excluding hydrogens is 397 g/mol. The summed E-state index contributed by atoms with van der Waals surface area (Å²) in [5.74, 6) is 0.317. The highest BCUT2D eigenvalue weighted by Gasteiger charge is 2.44. The van der Waals surface area contributed by atoms with Crippen LogP contribution in [0.1, 0.15) is 36.3 Å². The molecule has 2 aromatic rings. The van der Waals surface area contributed by atoms with Gasteiger partial charge in [0, 0.05) is 12.5 Å². The lowest BCUT2D eigenvalue weighted by Crippen LogP contribution is -2.52. The maximum Gasteiger partial charge on any atom is 0.0841 e. The summed E-state index contributed by atoms with van der Waals surface area (Å²) in [6.07, 6.45) is 3.63. The van der Waals surface area contributed by atoms with Crippen LogP contribution in [0.2, 0.25) is 0 Å². The van der Waals surface area contributed by atoms with E-state index in [0.717, 1.165) is 19.5 Å². The van der Waals surface area contributed by atoms with Gasteiger partial charge in [-0.15, -0.1) is 0 Å². The molecule has 1 saturated heterocycles. The average molecular weight is 421 g/mol. The van der Waals surface area contributed by atoms with Crippen molar-refractivity contribution in [3.05, 3.63) is 71.8 Å². The SMILES string of the molecule is OCCN1CCCCC1(I)C(c1ccccc1)c1ccccc1. The molecule has 1 atom stereocenters. The monoisotopic (exact) mass is 421 g/mol. The summed E-state index contributed by atoms with van der Waals surface area (Å²) < 4.78 is 0.0153. The summed E-state index contributed by atoms with van der Waals surface area (Å²) >= 11 is 2.66. The summed E-state index contributed by atoms with van der Waals surface area (Å²) in [4.78, 5) is 2.49. The van der Waals surface area contributed by atoms with E-state index in [4.69, 9.17) is 0 Å². The summed E-state index contributed by atoms with van der Waals surface area (Å²) in [7, 11) is 0.